The van der Waals surface area contributed by atoms with Crippen LogP contribution in [0.4, 0.5) is 0 Å². The maximum atomic E-state index is 12.7. The molecule has 0 aromatic carbocycles. The maximum absolute atomic E-state index is 12.7. The Bertz CT molecular complexity index is 536. The third kappa shape index (κ3) is 10.2. The first kappa shape index (κ1) is 25.8. The fraction of sp³-hybridized carbons (Fsp3) is 0.789. The van der Waals surface area contributed by atoms with Crippen LogP contribution in [0.1, 0.15) is 60.8 Å². The van der Waals surface area contributed by atoms with Crippen molar-refractivity contribution in [2.75, 3.05) is 6.61 Å². The van der Waals surface area contributed by atoms with E-state index >= 15 is 0 Å². The van der Waals surface area contributed by atoms with Crippen LogP contribution in [-0.4, -0.2) is 47.6 Å². The van der Waals surface area contributed by atoms with Gasteiger partial charge >= 0.3 is 5.97 Å². The van der Waals surface area contributed by atoms with Gasteiger partial charge in [-0.05, 0) is 38.5 Å². The fourth-order valence-electron chi connectivity index (χ4n) is 2.75. The van der Waals surface area contributed by atoms with E-state index in [1.54, 1.807) is 6.92 Å². The molecule has 162 valence electrons. The summed E-state index contributed by atoms with van der Waals surface area (Å²) in [5.74, 6) is -2.58. The Morgan fingerprint density at radius 2 is 1.46 bits per heavy atom. The van der Waals surface area contributed by atoms with Crippen molar-refractivity contribution in [2.24, 2.45) is 17.8 Å². The largest absolute Gasteiger partial charge is 0.464 e. The van der Waals surface area contributed by atoms with Crippen LogP contribution in [0.5, 0.6) is 0 Å². The molecule has 0 saturated carbocycles. The van der Waals surface area contributed by atoms with E-state index in [0.717, 1.165) is 0 Å². The first-order valence-electron chi connectivity index (χ1n) is 9.71. The molecule has 4 N–H and O–H groups in total. The van der Waals surface area contributed by atoms with Gasteiger partial charge in [0.15, 0.2) is 0 Å². The number of esters is 1. The zero-order chi connectivity index (χ0) is 21.9. The molecule has 0 rings (SSSR count). The van der Waals surface area contributed by atoms with Crippen LogP contribution in [-0.2, 0) is 23.9 Å². The van der Waals surface area contributed by atoms with Crippen molar-refractivity contribution in [3.05, 3.63) is 0 Å². The summed E-state index contributed by atoms with van der Waals surface area (Å²) in [6.07, 6.45) is 0.609. The second-order valence-corrected chi connectivity index (χ2v) is 7.74. The molecular formula is C19H35N3O6. The molecule has 0 fully saturated rings. The maximum Gasteiger partial charge on any atom is 0.328 e. The van der Waals surface area contributed by atoms with Crippen LogP contribution in [0, 0.1) is 17.8 Å². The van der Waals surface area contributed by atoms with Gasteiger partial charge in [-0.2, -0.15) is 0 Å². The van der Waals surface area contributed by atoms with Gasteiger partial charge in [-0.1, -0.05) is 27.7 Å². The van der Waals surface area contributed by atoms with Crippen molar-refractivity contribution < 1.29 is 29.1 Å². The van der Waals surface area contributed by atoms with Gasteiger partial charge in [0.25, 0.3) is 0 Å². The highest BCUT2D eigenvalue weighted by molar-refractivity contribution is 5.92. The molecule has 9 nitrogen and oxygen atoms in total. The molecule has 0 aliphatic heterocycles. The highest BCUT2D eigenvalue weighted by Crippen LogP contribution is 2.17. The summed E-state index contributed by atoms with van der Waals surface area (Å²) in [6.45, 7) is 11.0. The fourth-order valence-corrected chi connectivity index (χ4v) is 2.75. The highest BCUT2D eigenvalue weighted by atomic mass is 16.5. The normalized spacial score (nSPS) is 14.2. The molecule has 9 heteroatoms. The van der Waals surface area contributed by atoms with Crippen LogP contribution in [0.15, 0.2) is 0 Å². The molecule has 0 aromatic heterocycles. The van der Waals surface area contributed by atoms with E-state index in [1.807, 2.05) is 27.7 Å². The lowest BCUT2D eigenvalue weighted by atomic mass is 9.92. The van der Waals surface area contributed by atoms with Gasteiger partial charge in [-0.25, -0.2) is 10.3 Å². The van der Waals surface area contributed by atoms with Crippen molar-refractivity contribution in [3.63, 3.8) is 0 Å². The molecular weight excluding hydrogens is 366 g/mol. The second kappa shape index (κ2) is 13.1. The van der Waals surface area contributed by atoms with E-state index in [-0.39, 0.29) is 24.9 Å². The monoisotopic (exact) mass is 401 g/mol. The minimum atomic E-state index is -0.851. The molecule has 0 aliphatic rings. The average Bonchev–Trinajstić information content (AvgIpc) is 2.59. The van der Waals surface area contributed by atoms with Crippen LogP contribution < -0.4 is 16.1 Å². The Balaban J connectivity index is 5.20. The molecule has 0 radical (unpaired) electrons. The quantitative estimate of drug-likeness (QED) is 0.220. The number of carbonyl (C=O) groups excluding carboxylic acids is 4. The summed E-state index contributed by atoms with van der Waals surface area (Å²) >= 11 is 0. The van der Waals surface area contributed by atoms with Crippen LogP contribution in [0.25, 0.3) is 0 Å². The summed E-state index contributed by atoms with van der Waals surface area (Å²) in [5.41, 5.74) is 1.53. The van der Waals surface area contributed by atoms with Crippen molar-refractivity contribution in [2.45, 2.75) is 72.9 Å². The molecule has 3 unspecified atom stereocenters. The van der Waals surface area contributed by atoms with E-state index in [9.17, 15) is 19.2 Å². The van der Waals surface area contributed by atoms with Crippen molar-refractivity contribution in [1.82, 2.24) is 16.1 Å². The van der Waals surface area contributed by atoms with E-state index in [0.29, 0.717) is 12.8 Å². The van der Waals surface area contributed by atoms with Crippen LogP contribution >= 0.6 is 0 Å². The molecule has 28 heavy (non-hydrogen) atoms. The number of hydrogen-bond donors (Lipinski definition) is 4. The molecule has 0 spiro atoms. The molecule has 0 aromatic rings. The number of rotatable bonds is 12. The molecule has 3 atom stereocenters. The molecule has 0 aliphatic carbocycles. The lowest BCUT2D eigenvalue weighted by molar-refractivity contribution is -0.147. The standard InChI is InChI=1S/C19H35N3O6/c1-7-28-19(26)13(6)20-18(25)15(9-12(4)5)21-17(24)14(8-11(2)3)10-16(23)22-27/h11-15,27H,7-10H2,1-6H3,(H,20,25)(H,21,24)(H,22,23). The second-order valence-electron chi connectivity index (χ2n) is 7.74. The van der Waals surface area contributed by atoms with Gasteiger partial charge in [0.05, 0.1) is 6.61 Å². The third-order valence-electron chi connectivity index (χ3n) is 4.02. The first-order valence-corrected chi connectivity index (χ1v) is 9.71. The Labute approximate surface area is 166 Å². The molecule has 0 heterocycles. The lowest BCUT2D eigenvalue weighted by Crippen LogP contribution is -2.52. The predicted octanol–water partition coefficient (Wildman–Crippen LogP) is 1.14. The number of hydrogen-bond acceptors (Lipinski definition) is 6. The van der Waals surface area contributed by atoms with E-state index < -0.39 is 41.7 Å². The predicted molar refractivity (Wildman–Crippen MR) is 103 cm³/mol. The van der Waals surface area contributed by atoms with Gasteiger partial charge in [-0.15, -0.1) is 0 Å². The topological polar surface area (TPSA) is 134 Å². The Morgan fingerprint density at radius 1 is 0.893 bits per heavy atom. The van der Waals surface area contributed by atoms with E-state index in [2.05, 4.69) is 10.6 Å². The zero-order valence-corrected chi connectivity index (χ0v) is 17.7. The number of amides is 3. The van der Waals surface area contributed by atoms with Gasteiger partial charge in [0.1, 0.15) is 12.1 Å². The van der Waals surface area contributed by atoms with Crippen molar-refractivity contribution in [3.8, 4) is 0 Å². The number of nitrogens with one attached hydrogen (secondary N) is 3. The molecule has 0 bridgehead atoms. The van der Waals surface area contributed by atoms with Gasteiger partial charge in [0, 0.05) is 12.3 Å². The van der Waals surface area contributed by atoms with Crippen LogP contribution in [0.2, 0.25) is 0 Å². The van der Waals surface area contributed by atoms with Crippen LogP contribution in [0.3, 0.4) is 0 Å². The SMILES string of the molecule is CCOC(=O)C(C)NC(=O)C(CC(C)C)NC(=O)C(CC(=O)NO)CC(C)C. The number of ether oxygens (including phenoxy) is 1. The molecule has 0 saturated heterocycles. The number of carbonyl (C=O) groups is 4. The summed E-state index contributed by atoms with van der Waals surface area (Å²) in [4.78, 5) is 48.6. The Hall–Kier alpha value is -2.16. The van der Waals surface area contributed by atoms with E-state index in [1.165, 1.54) is 12.4 Å². The molecule has 3 amide bonds. The third-order valence-corrected chi connectivity index (χ3v) is 4.02. The first-order chi connectivity index (χ1) is 13.0. The smallest absolute Gasteiger partial charge is 0.328 e. The van der Waals surface area contributed by atoms with Crippen molar-refractivity contribution >= 4 is 23.7 Å². The van der Waals surface area contributed by atoms with Gasteiger partial charge in [0.2, 0.25) is 17.7 Å². The minimum Gasteiger partial charge on any atom is -0.464 e. The van der Waals surface area contributed by atoms with Gasteiger partial charge in [-0.3, -0.25) is 19.6 Å². The van der Waals surface area contributed by atoms with Gasteiger partial charge < -0.3 is 15.4 Å². The van der Waals surface area contributed by atoms with Crippen molar-refractivity contribution in [1.29, 1.82) is 0 Å². The summed E-state index contributed by atoms with van der Waals surface area (Å²) in [5, 5.41) is 14.0. The highest BCUT2D eigenvalue weighted by Gasteiger charge is 2.29. The lowest BCUT2D eigenvalue weighted by Gasteiger charge is -2.25. The average molecular weight is 402 g/mol. The summed E-state index contributed by atoms with van der Waals surface area (Å²) in [6, 6.07) is -1.69. The summed E-state index contributed by atoms with van der Waals surface area (Å²) < 4.78 is 4.88. The Kier molecular flexibility index (Phi) is 12.1. The van der Waals surface area contributed by atoms with E-state index in [4.69, 9.17) is 9.94 Å². The Morgan fingerprint density at radius 3 is 1.93 bits per heavy atom. The summed E-state index contributed by atoms with van der Waals surface area (Å²) in [7, 11) is 0. The zero-order valence-electron chi connectivity index (χ0n) is 17.7. The number of hydroxylamine groups is 1. The minimum absolute atomic E-state index is 0.109.